The predicted molar refractivity (Wildman–Crippen MR) is 89.8 cm³/mol. The lowest BCUT2D eigenvalue weighted by Crippen LogP contribution is -2.37. The molecule has 0 unspecified atom stereocenters. The molecule has 1 atom stereocenters. The van der Waals surface area contributed by atoms with Crippen molar-refractivity contribution in [1.29, 1.82) is 0 Å². The number of hydrogen-bond donors (Lipinski definition) is 2. The maximum atomic E-state index is 12.1. The number of nitrogens with one attached hydrogen (secondary N) is 2. The van der Waals surface area contributed by atoms with Gasteiger partial charge in [-0.25, -0.2) is 24.4 Å². The van der Waals surface area contributed by atoms with Crippen LogP contribution in [0.25, 0.3) is 5.82 Å². The van der Waals surface area contributed by atoms with Crippen LogP contribution in [0.3, 0.4) is 0 Å². The first-order chi connectivity index (χ1) is 11.6. The monoisotopic (exact) mass is 343 g/mol. The summed E-state index contributed by atoms with van der Waals surface area (Å²) in [4.78, 5) is 24.7. The van der Waals surface area contributed by atoms with Gasteiger partial charge in [0.05, 0.1) is 16.7 Å². The maximum Gasteiger partial charge on any atom is 0.315 e. The molecule has 2 N–H and O–H groups in total. The molecule has 0 spiro atoms. The average Bonchev–Trinajstić information content (AvgIpc) is 3.24. The summed E-state index contributed by atoms with van der Waals surface area (Å²) >= 11 is 1.56. The molecule has 3 heterocycles. The number of nitrogens with zero attached hydrogens (tertiary/aromatic N) is 5. The minimum Gasteiger partial charge on any atom is -0.334 e. The summed E-state index contributed by atoms with van der Waals surface area (Å²) in [5, 5.41) is 12.7. The molecule has 3 aromatic rings. The third-order valence-corrected chi connectivity index (χ3v) is 4.16. The highest BCUT2D eigenvalue weighted by Crippen LogP contribution is 2.15. The number of aromatic nitrogens is 5. The van der Waals surface area contributed by atoms with Crippen LogP contribution in [0.2, 0.25) is 0 Å². The van der Waals surface area contributed by atoms with E-state index >= 15 is 0 Å². The van der Waals surface area contributed by atoms with Crippen molar-refractivity contribution in [1.82, 2.24) is 35.4 Å². The van der Waals surface area contributed by atoms with Gasteiger partial charge in [-0.15, -0.1) is 11.3 Å². The minimum atomic E-state index is -0.262. The molecule has 0 bridgehead atoms. The van der Waals surface area contributed by atoms with Crippen LogP contribution in [0.4, 0.5) is 4.79 Å². The maximum absolute atomic E-state index is 12.1. The highest BCUT2D eigenvalue weighted by atomic mass is 32.1. The Labute approximate surface area is 143 Å². The molecule has 24 heavy (non-hydrogen) atoms. The topological polar surface area (TPSA) is 97.6 Å². The van der Waals surface area contributed by atoms with E-state index in [-0.39, 0.29) is 12.1 Å². The summed E-state index contributed by atoms with van der Waals surface area (Å²) in [6.07, 6.45) is 4.68. The smallest absolute Gasteiger partial charge is 0.315 e. The van der Waals surface area contributed by atoms with Crippen molar-refractivity contribution >= 4 is 17.4 Å². The summed E-state index contributed by atoms with van der Waals surface area (Å²) < 4.78 is 1.57. The molecule has 3 rings (SSSR count). The molecule has 0 aliphatic rings. The molecule has 3 aromatic heterocycles. The molecule has 0 aromatic carbocycles. The second-order valence-corrected chi connectivity index (χ2v) is 6.23. The fourth-order valence-electron chi connectivity index (χ4n) is 2.17. The summed E-state index contributed by atoms with van der Waals surface area (Å²) in [5.74, 6) is 0.637. The van der Waals surface area contributed by atoms with Crippen molar-refractivity contribution < 1.29 is 4.79 Å². The molecular weight excluding hydrogens is 326 g/mol. The fraction of sp³-hybridized carbons (Fsp3) is 0.267. The highest BCUT2D eigenvalue weighted by molar-refractivity contribution is 7.09. The summed E-state index contributed by atoms with van der Waals surface area (Å²) in [6, 6.07) is 3.29. The lowest BCUT2D eigenvalue weighted by atomic mass is 10.2. The molecule has 124 valence electrons. The Morgan fingerprint density at radius 3 is 3.04 bits per heavy atom. The zero-order chi connectivity index (χ0) is 16.9. The Hall–Kier alpha value is -2.81. The molecule has 0 fully saturated rings. The molecule has 8 nitrogen and oxygen atoms in total. The van der Waals surface area contributed by atoms with Crippen molar-refractivity contribution in [3.8, 4) is 5.82 Å². The number of carbonyl (C=O) groups excluding carboxylic acids is 1. The number of pyridine rings is 1. The zero-order valence-electron chi connectivity index (χ0n) is 13.3. The van der Waals surface area contributed by atoms with Gasteiger partial charge >= 0.3 is 6.03 Å². The summed E-state index contributed by atoms with van der Waals surface area (Å²) in [5.41, 5.74) is 1.70. The number of amides is 2. The van der Waals surface area contributed by atoms with E-state index < -0.39 is 0 Å². The Bertz CT molecular complexity index is 815. The van der Waals surface area contributed by atoms with E-state index in [1.807, 2.05) is 31.4 Å². The van der Waals surface area contributed by atoms with Gasteiger partial charge in [0.25, 0.3) is 0 Å². The third kappa shape index (κ3) is 3.74. The quantitative estimate of drug-likeness (QED) is 0.738. The first-order valence-electron chi connectivity index (χ1n) is 7.39. The van der Waals surface area contributed by atoms with Gasteiger partial charge in [-0.1, -0.05) is 6.07 Å². The fourth-order valence-corrected chi connectivity index (χ4v) is 2.87. The van der Waals surface area contributed by atoms with E-state index in [2.05, 4.69) is 30.7 Å². The van der Waals surface area contributed by atoms with E-state index in [4.69, 9.17) is 0 Å². The van der Waals surface area contributed by atoms with Gasteiger partial charge < -0.3 is 10.6 Å². The van der Waals surface area contributed by atoms with Gasteiger partial charge in [0.15, 0.2) is 5.82 Å². The van der Waals surface area contributed by atoms with Crippen LogP contribution in [-0.4, -0.2) is 30.8 Å². The lowest BCUT2D eigenvalue weighted by Gasteiger charge is -2.13. The molecular formula is C15H17N7OS. The van der Waals surface area contributed by atoms with E-state index in [1.54, 1.807) is 28.5 Å². The molecule has 0 aliphatic carbocycles. The Morgan fingerprint density at radius 1 is 1.46 bits per heavy atom. The number of thiazole rings is 1. The van der Waals surface area contributed by atoms with E-state index in [0.717, 1.165) is 16.3 Å². The SMILES string of the molecule is Cc1nc([C@H](C)NC(=O)NCc2cccnc2-n2cncn2)cs1. The van der Waals surface area contributed by atoms with Gasteiger partial charge in [0, 0.05) is 23.7 Å². The molecule has 9 heteroatoms. The van der Waals surface area contributed by atoms with Crippen LogP contribution >= 0.6 is 11.3 Å². The van der Waals surface area contributed by atoms with Crippen molar-refractivity contribution in [2.75, 3.05) is 0 Å². The molecule has 0 saturated heterocycles. The number of urea groups is 1. The minimum absolute atomic E-state index is 0.154. The van der Waals surface area contributed by atoms with E-state index in [0.29, 0.717) is 12.4 Å². The van der Waals surface area contributed by atoms with Gasteiger partial charge in [0.2, 0.25) is 0 Å². The van der Waals surface area contributed by atoms with Gasteiger partial charge in [-0.2, -0.15) is 5.10 Å². The largest absolute Gasteiger partial charge is 0.334 e. The number of aryl methyl sites for hydroxylation is 1. The number of carbonyl (C=O) groups is 1. The molecule has 0 saturated carbocycles. The predicted octanol–water partition coefficient (Wildman–Crippen LogP) is 1.99. The zero-order valence-corrected chi connectivity index (χ0v) is 14.1. The Balaban J connectivity index is 1.61. The first-order valence-corrected chi connectivity index (χ1v) is 8.26. The van der Waals surface area contributed by atoms with Crippen LogP contribution < -0.4 is 10.6 Å². The van der Waals surface area contributed by atoms with Gasteiger partial charge in [0.1, 0.15) is 12.7 Å². The van der Waals surface area contributed by atoms with Crippen LogP contribution in [0.1, 0.15) is 29.2 Å². The Morgan fingerprint density at radius 2 is 2.33 bits per heavy atom. The third-order valence-electron chi connectivity index (χ3n) is 3.37. The van der Waals surface area contributed by atoms with Crippen molar-refractivity contribution in [3.05, 3.63) is 52.6 Å². The van der Waals surface area contributed by atoms with E-state index in [9.17, 15) is 4.79 Å². The van der Waals surface area contributed by atoms with Crippen molar-refractivity contribution in [2.24, 2.45) is 0 Å². The number of rotatable bonds is 5. The van der Waals surface area contributed by atoms with Crippen LogP contribution in [0, 0.1) is 6.92 Å². The molecule has 0 aliphatic heterocycles. The second-order valence-electron chi connectivity index (χ2n) is 5.17. The summed E-state index contributed by atoms with van der Waals surface area (Å²) in [6.45, 7) is 4.17. The first kappa shape index (κ1) is 16.1. The number of hydrogen-bond acceptors (Lipinski definition) is 6. The average molecular weight is 343 g/mol. The Kier molecular flexibility index (Phi) is 4.80. The van der Waals surface area contributed by atoms with Crippen LogP contribution in [-0.2, 0) is 6.54 Å². The van der Waals surface area contributed by atoms with Crippen molar-refractivity contribution in [2.45, 2.75) is 26.4 Å². The van der Waals surface area contributed by atoms with E-state index in [1.165, 1.54) is 6.33 Å². The van der Waals surface area contributed by atoms with Crippen LogP contribution in [0.15, 0.2) is 36.4 Å². The molecule has 0 radical (unpaired) electrons. The lowest BCUT2D eigenvalue weighted by molar-refractivity contribution is 0.237. The standard InChI is InChI=1S/C15H17N7OS/c1-10(13-7-24-11(2)21-13)20-15(23)18-6-12-4-3-5-17-14(12)22-9-16-8-19-22/h3-5,7-10H,6H2,1-2H3,(H2,18,20,23)/t10-/m0/s1. The molecule has 2 amide bonds. The van der Waals surface area contributed by atoms with Crippen molar-refractivity contribution in [3.63, 3.8) is 0 Å². The highest BCUT2D eigenvalue weighted by Gasteiger charge is 2.13. The normalized spacial score (nSPS) is 11.9. The van der Waals surface area contributed by atoms with Gasteiger partial charge in [-0.05, 0) is 19.9 Å². The van der Waals surface area contributed by atoms with Gasteiger partial charge in [-0.3, -0.25) is 0 Å². The second kappa shape index (κ2) is 7.18. The summed E-state index contributed by atoms with van der Waals surface area (Å²) in [7, 11) is 0. The van der Waals surface area contributed by atoms with Crippen LogP contribution in [0.5, 0.6) is 0 Å².